The molecule has 0 saturated carbocycles. The maximum Gasteiger partial charge on any atom is 0.335 e. The molecule has 1 aromatic carbocycles. The van der Waals surface area contributed by atoms with Gasteiger partial charge in [0.25, 0.3) is 5.91 Å². The van der Waals surface area contributed by atoms with Gasteiger partial charge in [0.1, 0.15) is 5.69 Å². The van der Waals surface area contributed by atoms with Crippen LogP contribution in [0.25, 0.3) is 0 Å². The van der Waals surface area contributed by atoms with Crippen LogP contribution in [0.2, 0.25) is 5.02 Å². The molecule has 0 fully saturated rings. The first-order chi connectivity index (χ1) is 9.08. The van der Waals surface area contributed by atoms with E-state index in [0.717, 1.165) is 0 Å². The fourth-order valence-electron chi connectivity index (χ4n) is 1.43. The van der Waals surface area contributed by atoms with Crippen molar-refractivity contribution < 1.29 is 14.7 Å². The molecule has 2 N–H and O–H groups in total. The zero-order chi connectivity index (χ0) is 13.8. The smallest absolute Gasteiger partial charge is 0.335 e. The lowest BCUT2D eigenvalue weighted by Crippen LogP contribution is -2.13. The Bertz CT molecular complexity index is 629. The highest BCUT2D eigenvalue weighted by Gasteiger charge is 2.11. The Balaban J connectivity index is 2.20. The quantitative estimate of drug-likeness (QED) is 0.903. The van der Waals surface area contributed by atoms with Crippen LogP contribution in [0.5, 0.6) is 0 Å². The van der Waals surface area contributed by atoms with Gasteiger partial charge in [-0.25, -0.2) is 4.79 Å². The molecular weight excluding hydrogens is 268 g/mol. The number of hydrogen-bond donors (Lipinski definition) is 2. The van der Waals surface area contributed by atoms with E-state index in [0.29, 0.717) is 5.69 Å². The Morgan fingerprint density at radius 1 is 1.21 bits per heavy atom. The molecule has 0 spiro atoms. The number of rotatable bonds is 3. The summed E-state index contributed by atoms with van der Waals surface area (Å²) in [6.45, 7) is 0. The second-order valence-corrected chi connectivity index (χ2v) is 4.08. The lowest BCUT2D eigenvalue weighted by Gasteiger charge is -2.07. The van der Waals surface area contributed by atoms with E-state index in [2.05, 4.69) is 10.3 Å². The van der Waals surface area contributed by atoms with Gasteiger partial charge >= 0.3 is 5.97 Å². The molecule has 0 aliphatic heterocycles. The largest absolute Gasteiger partial charge is 0.478 e. The molecule has 0 bridgehead atoms. The highest BCUT2D eigenvalue weighted by Crippen LogP contribution is 2.23. The average molecular weight is 277 g/mol. The van der Waals surface area contributed by atoms with Crippen molar-refractivity contribution in [2.24, 2.45) is 0 Å². The van der Waals surface area contributed by atoms with Crippen LogP contribution in [-0.2, 0) is 0 Å². The molecule has 19 heavy (non-hydrogen) atoms. The molecule has 1 aromatic heterocycles. The van der Waals surface area contributed by atoms with Gasteiger partial charge in [-0.05, 0) is 30.3 Å². The molecule has 0 unspecified atom stereocenters. The van der Waals surface area contributed by atoms with Crippen LogP contribution >= 0.6 is 11.6 Å². The van der Waals surface area contributed by atoms with Crippen molar-refractivity contribution in [2.75, 3.05) is 5.32 Å². The lowest BCUT2D eigenvalue weighted by molar-refractivity contribution is 0.0696. The third kappa shape index (κ3) is 3.08. The summed E-state index contributed by atoms with van der Waals surface area (Å²) in [6, 6.07) is 9.03. The van der Waals surface area contributed by atoms with Crippen LogP contribution in [-0.4, -0.2) is 22.0 Å². The molecule has 1 amide bonds. The molecule has 0 saturated heterocycles. The van der Waals surface area contributed by atoms with Gasteiger partial charge in [0.2, 0.25) is 0 Å². The molecular formula is C13H9ClN2O3. The number of carboxylic acid groups (broad SMARTS) is 1. The van der Waals surface area contributed by atoms with Crippen LogP contribution in [0.1, 0.15) is 20.8 Å². The summed E-state index contributed by atoms with van der Waals surface area (Å²) in [5, 5.41) is 11.5. The van der Waals surface area contributed by atoms with Gasteiger partial charge in [-0.3, -0.25) is 9.78 Å². The molecule has 0 aliphatic carbocycles. The minimum absolute atomic E-state index is 0.0563. The van der Waals surface area contributed by atoms with Crippen molar-refractivity contribution in [1.82, 2.24) is 4.98 Å². The first kappa shape index (κ1) is 13.0. The molecule has 0 aliphatic rings. The van der Waals surface area contributed by atoms with Gasteiger partial charge in [-0.1, -0.05) is 17.7 Å². The van der Waals surface area contributed by atoms with Crippen LogP contribution in [0.3, 0.4) is 0 Å². The second kappa shape index (κ2) is 5.49. The predicted octanol–water partition coefficient (Wildman–Crippen LogP) is 2.69. The van der Waals surface area contributed by atoms with E-state index in [1.54, 1.807) is 18.2 Å². The van der Waals surface area contributed by atoms with Crippen molar-refractivity contribution in [3.8, 4) is 0 Å². The summed E-state index contributed by atoms with van der Waals surface area (Å²) in [4.78, 5) is 26.5. The van der Waals surface area contributed by atoms with Crippen LogP contribution in [0.4, 0.5) is 5.69 Å². The summed E-state index contributed by atoms with van der Waals surface area (Å²) in [7, 11) is 0. The molecule has 0 atom stereocenters. The van der Waals surface area contributed by atoms with Crippen LogP contribution in [0, 0.1) is 0 Å². The lowest BCUT2D eigenvalue weighted by atomic mass is 10.2. The third-order valence-corrected chi connectivity index (χ3v) is 2.67. The second-order valence-electron chi connectivity index (χ2n) is 3.67. The number of amides is 1. The Hall–Kier alpha value is -2.40. The number of carbonyl (C=O) groups is 2. The van der Waals surface area contributed by atoms with Gasteiger partial charge in [-0.2, -0.15) is 0 Å². The number of anilines is 1. The Morgan fingerprint density at radius 2 is 2.00 bits per heavy atom. The number of halogens is 1. The zero-order valence-electron chi connectivity index (χ0n) is 9.63. The van der Waals surface area contributed by atoms with Crippen molar-refractivity contribution >= 4 is 29.2 Å². The molecule has 5 nitrogen and oxygen atoms in total. The molecule has 0 radical (unpaired) electrons. The van der Waals surface area contributed by atoms with Gasteiger partial charge in [0, 0.05) is 6.20 Å². The first-order valence-corrected chi connectivity index (χ1v) is 5.71. The predicted molar refractivity (Wildman–Crippen MR) is 70.6 cm³/mol. The molecule has 1 heterocycles. The fourth-order valence-corrected chi connectivity index (χ4v) is 1.66. The number of carbonyl (C=O) groups excluding carboxylic acids is 1. The maximum atomic E-state index is 11.8. The Kier molecular flexibility index (Phi) is 3.77. The minimum Gasteiger partial charge on any atom is -0.478 e. The highest BCUT2D eigenvalue weighted by atomic mass is 35.5. The summed E-state index contributed by atoms with van der Waals surface area (Å²) in [6.07, 6.45) is 1.50. The Morgan fingerprint density at radius 3 is 2.58 bits per heavy atom. The number of nitrogens with one attached hydrogen (secondary N) is 1. The molecule has 6 heteroatoms. The molecule has 2 rings (SSSR count). The Labute approximate surface area is 113 Å². The standard InChI is InChI=1S/C13H9ClN2O3/c14-9-7-8(13(18)19)4-5-10(9)16-12(17)11-3-1-2-6-15-11/h1-7H,(H,16,17)(H,18,19). The van der Waals surface area contributed by atoms with Gasteiger partial charge in [-0.15, -0.1) is 0 Å². The zero-order valence-corrected chi connectivity index (χ0v) is 10.4. The van der Waals surface area contributed by atoms with E-state index in [9.17, 15) is 9.59 Å². The number of benzene rings is 1. The fraction of sp³-hybridized carbons (Fsp3) is 0. The van der Waals surface area contributed by atoms with Crippen molar-refractivity contribution in [3.05, 3.63) is 58.9 Å². The number of nitrogens with zero attached hydrogens (tertiary/aromatic N) is 1. The number of aromatic nitrogens is 1. The number of carboxylic acids is 1. The normalized spacial score (nSPS) is 9.95. The van der Waals surface area contributed by atoms with Gasteiger partial charge < -0.3 is 10.4 Å². The van der Waals surface area contributed by atoms with Crippen molar-refractivity contribution in [1.29, 1.82) is 0 Å². The van der Waals surface area contributed by atoms with Crippen molar-refractivity contribution in [2.45, 2.75) is 0 Å². The van der Waals surface area contributed by atoms with E-state index >= 15 is 0 Å². The number of hydrogen-bond acceptors (Lipinski definition) is 3. The van der Waals surface area contributed by atoms with E-state index in [1.165, 1.54) is 24.4 Å². The highest BCUT2D eigenvalue weighted by molar-refractivity contribution is 6.34. The van der Waals surface area contributed by atoms with Crippen LogP contribution in [0.15, 0.2) is 42.6 Å². The monoisotopic (exact) mass is 276 g/mol. The molecule has 2 aromatic rings. The number of pyridine rings is 1. The summed E-state index contributed by atoms with van der Waals surface area (Å²) < 4.78 is 0. The van der Waals surface area contributed by atoms with E-state index < -0.39 is 11.9 Å². The van der Waals surface area contributed by atoms with E-state index in [-0.39, 0.29) is 16.3 Å². The van der Waals surface area contributed by atoms with Crippen molar-refractivity contribution in [3.63, 3.8) is 0 Å². The third-order valence-electron chi connectivity index (χ3n) is 2.36. The summed E-state index contributed by atoms with van der Waals surface area (Å²) in [5.74, 6) is -1.49. The topological polar surface area (TPSA) is 79.3 Å². The molecule has 96 valence electrons. The number of aromatic carboxylic acids is 1. The van der Waals surface area contributed by atoms with E-state index in [4.69, 9.17) is 16.7 Å². The maximum absolute atomic E-state index is 11.8. The summed E-state index contributed by atoms with van der Waals surface area (Å²) >= 11 is 5.91. The SMILES string of the molecule is O=C(O)c1ccc(NC(=O)c2ccccn2)c(Cl)c1. The van der Waals surface area contributed by atoms with Gasteiger partial charge in [0.05, 0.1) is 16.3 Å². The van der Waals surface area contributed by atoms with E-state index in [1.807, 2.05) is 0 Å². The summed E-state index contributed by atoms with van der Waals surface area (Å²) in [5.41, 5.74) is 0.643. The van der Waals surface area contributed by atoms with Crippen LogP contribution < -0.4 is 5.32 Å². The van der Waals surface area contributed by atoms with Gasteiger partial charge in [0.15, 0.2) is 0 Å². The first-order valence-electron chi connectivity index (χ1n) is 5.33. The minimum atomic E-state index is -1.08. The average Bonchev–Trinajstić information content (AvgIpc) is 2.41.